The molecule has 2 N–H and O–H groups in total. The summed E-state index contributed by atoms with van der Waals surface area (Å²) in [6, 6.07) is 6.08. The first-order chi connectivity index (χ1) is 14.8. The van der Waals surface area contributed by atoms with Crippen LogP contribution in [0.4, 0.5) is 10.5 Å². The Morgan fingerprint density at radius 3 is 2.29 bits per heavy atom. The van der Waals surface area contributed by atoms with Crippen molar-refractivity contribution < 1.29 is 19.2 Å². The molecule has 1 heterocycles. The molecule has 8 nitrogen and oxygen atoms in total. The van der Waals surface area contributed by atoms with Gasteiger partial charge in [0, 0.05) is 24.3 Å². The number of benzene rings is 1. The van der Waals surface area contributed by atoms with Crippen LogP contribution >= 0.6 is 0 Å². The van der Waals surface area contributed by atoms with Crippen LogP contribution < -0.4 is 10.6 Å². The highest BCUT2D eigenvalue weighted by molar-refractivity contribution is 6.10. The quantitative estimate of drug-likeness (QED) is 0.652. The minimum absolute atomic E-state index is 0.0655. The van der Waals surface area contributed by atoms with Gasteiger partial charge in [-0.1, -0.05) is 19.3 Å². The minimum atomic E-state index is -0.940. The molecule has 2 aliphatic rings. The van der Waals surface area contributed by atoms with Gasteiger partial charge >= 0.3 is 6.03 Å². The summed E-state index contributed by atoms with van der Waals surface area (Å²) < 4.78 is 0. The molecule has 0 radical (unpaired) electrons. The van der Waals surface area contributed by atoms with Gasteiger partial charge in [0.2, 0.25) is 5.91 Å². The Morgan fingerprint density at radius 2 is 1.71 bits per heavy atom. The molecule has 1 aromatic carbocycles. The van der Waals surface area contributed by atoms with Crippen LogP contribution in [-0.2, 0) is 9.59 Å². The van der Waals surface area contributed by atoms with Crippen LogP contribution in [0.1, 0.15) is 63.2 Å². The van der Waals surface area contributed by atoms with Gasteiger partial charge in [0.15, 0.2) is 0 Å². The zero-order valence-corrected chi connectivity index (χ0v) is 18.6. The second kappa shape index (κ2) is 9.49. The topological polar surface area (TPSA) is 98.8 Å². The van der Waals surface area contributed by atoms with Crippen molar-refractivity contribution in [1.82, 2.24) is 15.1 Å². The maximum Gasteiger partial charge on any atom is 0.325 e. The third-order valence-corrected chi connectivity index (χ3v) is 6.49. The molecule has 31 heavy (non-hydrogen) atoms. The number of nitrogens with zero attached hydrogens (tertiary/aromatic N) is 2. The van der Waals surface area contributed by atoms with E-state index in [0.717, 1.165) is 37.0 Å². The summed E-state index contributed by atoms with van der Waals surface area (Å²) in [6.07, 6.45) is 5.07. The van der Waals surface area contributed by atoms with Crippen LogP contribution in [0, 0.1) is 5.92 Å². The second-order valence-corrected chi connectivity index (χ2v) is 8.46. The highest BCUT2D eigenvalue weighted by Gasteiger charge is 2.52. The van der Waals surface area contributed by atoms with Crippen molar-refractivity contribution in [3.63, 3.8) is 0 Å². The van der Waals surface area contributed by atoms with Crippen LogP contribution in [0.15, 0.2) is 24.3 Å². The van der Waals surface area contributed by atoms with Gasteiger partial charge < -0.3 is 15.5 Å². The number of imide groups is 1. The predicted molar refractivity (Wildman–Crippen MR) is 118 cm³/mol. The number of anilines is 1. The fourth-order valence-electron chi connectivity index (χ4n) is 4.55. The van der Waals surface area contributed by atoms with Gasteiger partial charge in [-0.3, -0.25) is 19.3 Å². The number of amides is 5. The first-order valence-electron chi connectivity index (χ1n) is 11.1. The maximum atomic E-state index is 13.0. The molecule has 0 bridgehead atoms. The van der Waals surface area contributed by atoms with Gasteiger partial charge in [-0.2, -0.15) is 0 Å². The van der Waals surface area contributed by atoms with E-state index in [4.69, 9.17) is 0 Å². The SMILES string of the molecule is CCN(CC)C(=O)c1ccc(NC(=O)CN2C(=O)N[C@](C)(C3CCCCC3)C2=O)cc1. The zero-order chi connectivity index (χ0) is 22.6. The Kier molecular flexibility index (Phi) is 6.97. The summed E-state index contributed by atoms with van der Waals surface area (Å²) in [7, 11) is 0. The average Bonchev–Trinajstić information content (AvgIpc) is 2.99. The second-order valence-electron chi connectivity index (χ2n) is 8.46. The van der Waals surface area contributed by atoms with E-state index >= 15 is 0 Å². The minimum Gasteiger partial charge on any atom is -0.339 e. The van der Waals surface area contributed by atoms with Crippen molar-refractivity contribution in [2.45, 2.75) is 58.4 Å². The Bertz CT molecular complexity index is 844. The smallest absolute Gasteiger partial charge is 0.325 e. The van der Waals surface area contributed by atoms with Crippen molar-refractivity contribution in [2.24, 2.45) is 5.92 Å². The molecule has 8 heteroatoms. The molecular formula is C23H32N4O4. The predicted octanol–water partition coefficient (Wildman–Crippen LogP) is 3.00. The summed E-state index contributed by atoms with van der Waals surface area (Å²) in [5, 5.41) is 5.53. The molecule has 1 aromatic rings. The number of urea groups is 1. The lowest BCUT2D eigenvalue weighted by Crippen LogP contribution is -2.51. The molecule has 1 atom stereocenters. The molecule has 0 unspecified atom stereocenters. The number of rotatable bonds is 7. The third kappa shape index (κ3) is 4.73. The van der Waals surface area contributed by atoms with E-state index in [1.165, 1.54) is 0 Å². The Hall–Kier alpha value is -2.90. The highest BCUT2D eigenvalue weighted by atomic mass is 16.2. The summed E-state index contributed by atoms with van der Waals surface area (Å²) in [6.45, 7) is 6.52. The van der Waals surface area contributed by atoms with Crippen LogP contribution in [0.25, 0.3) is 0 Å². The number of hydrogen-bond acceptors (Lipinski definition) is 4. The number of hydrogen-bond donors (Lipinski definition) is 2. The van der Waals surface area contributed by atoms with Gasteiger partial charge in [0.1, 0.15) is 12.1 Å². The molecular weight excluding hydrogens is 396 g/mol. The standard InChI is InChI=1S/C23H32N4O4/c1-4-26(5-2)20(29)16-11-13-18(14-12-16)24-19(28)15-27-21(30)23(3,25-22(27)31)17-9-7-6-8-10-17/h11-14,17H,4-10,15H2,1-3H3,(H,24,28)(H,25,31)/t23-/m1/s1. The van der Waals surface area contributed by atoms with Crippen LogP contribution in [0.2, 0.25) is 0 Å². The van der Waals surface area contributed by atoms with Crippen molar-refractivity contribution in [2.75, 3.05) is 25.0 Å². The van der Waals surface area contributed by atoms with Crippen molar-refractivity contribution >= 4 is 29.4 Å². The Balaban J connectivity index is 1.61. The van der Waals surface area contributed by atoms with E-state index in [1.807, 2.05) is 13.8 Å². The Labute approximate surface area is 183 Å². The number of carbonyl (C=O) groups is 4. The molecule has 1 aliphatic heterocycles. The molecule has 1 saturated carbocycles. The molecule has 2 fully saturated rings. The maximum absolute atomic E-state index is 13.0. The van der Waals surface area contributed by atoms with Crippen LogP contribution in [-0.4, -0.2) is 58.7 Å². The van der Waals surface area contributed by atoms with E-state index in [1.54, 1.807) is 36.1 Å². The van der Waals surface area contributed by atoms with Crippen molar-refractivity contribution in [3.05, 3.63) is 29.8 Å². The van der Waals surface area contributed by atoms with Gasteiger partial charge in [-0.25, -0.2) is 4.79 Å². The Morgan fingerprint density at radius 1 is 1.10 bits per heavy atom. The fraction of sp³-hybridized carbons (Fsp3) is 0.565. The molecule has 0 spiro atoms. The normalized spacial score (nSPS) is 21.7. The molecule has 0 aromatic heterocycles. The monoisotopic (exact) mass is 428 g/mol. The molecule has 5 amide bonds. The highest BCUT2D eigenvalue weighted by Crippen LogP contribution is 2.36. The summed E-state index contributed by atoms with van der Waals surface area (Å²) in [4.78, 5) is 53.0. The lowest BCUT2D eigenvalue weighted by Gasteiger charge is -2.34. The van der Waals surface area contributed by atoms with Gasteiger partial charge in [0.25, 0.3) is 11.8 Å². The molecule has 168 valence electrons. The van der Waals surface area contributed by atoms with Crippen LogP contribution in [0.3, 0.4) is 0 Å². The number of carbonyl (C=O) groups excluding carboxylic acids is 4. The lowest BCUT2D eigenvalue weighted by atomic mass is 9.75. The molecule has 3 rings (SSSR count). The van der Waals surface area contributed by atoms with E-state index < -0.39 is 17.5 Å². The van der Waals surface area contributed by atoms with Gasteiger partial charge in [0.05, 0.1) is 0 Å². The fourth-order valence-corrected chi connectivity index (χ4v) is 4.55. The summed E-state index contributed by atoms with van der Waals surface area (Å²) in [5.41, 5.74) is 0.103. The first-order valence-corrected chi connectivity index (χ1v) is 11.1. The zero-order valence-electron chi connectivity index (χ0n) is 18.6. The summed E-state index contributed by atoms with van der Waals surface area (Å²) >= 11 is 0. The summed E-state index contributed by atoms with van der Waals surface area (Å²) in [5.74, 6) is -0.759. The first kappa shape index (κ1) is 22.8. The van der Waals surface area contributed by atoms with E-state index in [2.05, 4.69) is 10.6 Å². The number of nitrogens with one attached hydrogen (secondary N) is 2. The van der Waals surface area contributed by atoms with Gasteiger partial charge in [-0.05, 0) is 63.8 Å². The van der Waals surface area contributed by atoms with E-state index in [-0.39, 0.29) is 24.3 Å². The largest absolute Gasteiger partial charge is 0.339 e. The third-order valence-electron chi connectivity index (χ3n) is 6.49. The van der Waals surface area contributed by atoms with Crippen molar-refractivity contribution in [3.8, 4) is 0 Å². The molecule has 1 saturated heterocycles. The van der Waals surface area contributed by atoms with E-state index in [9.17, 15) is 19.2 Å². The molecule has 1 aliphatic carbocycles. The van der Waals surface area contributed by atoms with Crippen LogP contribution in [0.5, 0.6) is 0 Å². The lowest BCUT2D eigenvalue weighted by molar-refractivity contribution is -0.135. The average molecular weight is 429 g/mol. The van der Waals surface area contributed by atoms with E-state index in [0.29, 0.717) is 24.3 Å². The van der Waals surface area contributed by atoms with Gasteiger partial charge in [-0.15, -0.1) is 0 Å². The van der Waals surface area contributed by atoms with Crippen molar-refractivity contribution in [1.29, 1.82) is 0 Å².